The molecule has 10 heavy (non-hydrogen) atoms. The van der Waals surface area contributed by atoms with Crippen LogP contribution in [0.25, 0.3) is 0 Å². The SMILES string of the molecule is NCC1CCC(CCO)C1. The van der Waals surface area contributed by atoms with Crippen LogP contribution < -0.4 is 5.73 Å². The van der Waals surface area contributed by atoms with Gasteiger partial charge < -0.3 is 10.8 Å². The van der Waals surface area contributed by atoms with E-state index >= 15 is 0 Å². The lowest BCUT2D eigenvalue weighted by Gasteiger charge is -2.06. The van der Waals surface area contributed by atoms with Crippen LogP contribution in [0.5, 0.6) is 0 Å². The van der Waals surface area contributed by atoms with Gasteiger partial charge in [0.25, 0.3) is 0 Å². The lowest BCUT2D eigenvalue weighted by molar-refractivity contribution is 0.256. The molecular formula is C8H17NO. The molecule has 1 aliphatic carbocycles. The number of hydrogen-bond donors (Lipinski definition) is 2. The highest BCUT2D eigenvalue weighted by atomic mass is 16.3. The molecule has 0 saturated heterocycles. The van der Waals surface area contributed by atoms with E-state index in [4.69, 9.17) is 10.8 Å². The molecule has 1 aliphatic rings. The fourth-order valence-corrected chi connectivity index (χ4v) is 1.84. The summed E-state index contributed by atoms with van der Waals surface area (Å²) in [5.41, 5.74) is 5.53. The molecule has 1 fully saturated rings. The molecule has 0 bridgehead atoms. The minimum Gasteiger partial charge on any atom is -0.396 e. The topological polar surface area (TPSA) is 46.2 Å². The highest BCUT2D eigenvalue weighted by Crippen LogP contribution is 2.31. The van der Waals surface area contributed by atoms with E-state index in [1.54, 1.807) is 0 Å². The van der Waals surface area contributed by atoms with Crippen LogP contribution in [0.2, 0.25) is 0 Å². The fourth-order valence-electron chi connectivity index (χ4n) is 1.84. The summed E-state index contributed by atoms with van der Waals surface area (Å²) in [6, 6.07) is 0. The molecule has 0 spiro atoms. The summed E-state index contributed by atoms with van der Waals surface area (Å²) in [6.07, 6.45) is 4.79. The van der Waals surface area contributed by atoms with E-state index in [2.05, 4.69) is 0 Å². The average molecular weight is 143 g/mol. The molecule has 2 nitrogen and oxygen atoms in total. The van der Waals surface area contributed by atoms with Gasteiger partial charge in [-0.2, -0.15) is 0 Å². The maximum absolute atomic E-state index is 8.65. The van der Waals surface area contributed by atoms with Crippen LogP contribution >= 0.6 is 0 Å². The molecule has 60 valence electrons. The maximum atomic E-state index is 8.65. The predicted octanol–water partition coefficient (Wildman–Crippen LogP) is 0.744. The van der Waals surface area contributed by atoms with Crippen LogP contribution in [-0.2, 0) is 0 Å². The molecule has 0 radical (unpaired) electrons. The van der Waals surface area contributed by atoms with Crippen molar-refractivity contribution >= 4 is 0 Å². The van der Waals surface area contributed by atoms with E-state index in [1.807, 2.05) is 0 Å². The number of nitrogens with two attached hydrogens (primary N) is 1. The first-order valence-corrected chi connectivity index (χ1v) is 4.17. The van der Waals surface area contributed by atoms with Crippen LogP contribution in [-0.4, -0.2) is 18.3 Å². The van der Waals surface area contributed by atoms with Crippen molar-refractivity contribution in [2.45, 2.75) is 25.7 Å². The van der Waals surface area contributed by atoms with Gasteiger partial charge in [0.2, 0.25) is 0 Å². The number of aliphatic hydroxyl groups excluding tert-OH is 1. The highest BCUT2D eigenvalue weighted by Gasteiger charge is 2.22. The molecule has 2 heteroatoms. The Morgan fingerprint density at radius 3 is 2.50 bits per heavy atom. The summed E-state index contributed by atoms with van der Waals surface area (Å²) >= 11 is 0. The first kappa shape index (κ1) is 8.02. The van der Waals surface area contributed by atoms with Gasteiger partial charge in [0, 0.05) is 6.61 Å². The van der Waals surface area contributed by atoms with E-state index in [9.17, 15) is 0 Å². The van der Waals surface area contributed by atoms with Crippen LogP contribution in [0.15, 0.2) is 0 Å². The summed E-state index contributed by atoms with van der Waals surface area (Å²) < 4.78 is 0. The average Bonchev–Trinajstić information content (AvgIpc) is 2.37. The first-order chi connectivity index (χ1) is 4.86. The molecule has 2 unspecified atom stereocenters. The van der Waals surface area contributed by atoms with E-state index in [0.29, 0.717) is 6.61 Å². The van der Waals surface area contributed by atoms with Crippen molar-refractivity contribution in [1.82, 2.24) is 0 Å². The molecule has 0 aromatic rings. The van der Waals surface area contributed by atoms with Gasteiger partial charge in [-0.25, -0.2) is 0 Å². The van der Waals surface area contributed by atoms with Gasteiger partial charge in [0.05, 0.1) is 0 Å². The molecule has 0 amide bonds. The van der Waals surface area contributed by atoms with Gasteiger partial charge in [-0.05, 0) is 37.6 Å². The summed E-state index contributed by atoms with van der Waals surface area (Å²) in [5, 5.41) is 8.65. The molecule has 0 aromatic carbocycles. The van der Waals surface area contributed by atoms with Crippen molar-refractivity contribution in [3.63, 3.8) is 0 Å². The van der Waals surface area contributed by atoms with E-state index in [0.717, 1.165) is 24.8 Å². The monoisotopic (exact) mass is 143 g/mol. The van der Waals surface area contributed by atoms with Gasteiger partial charge in [-0.3, -0.25) is 0 Å². The second kappa shape index (κ2) is 3.94. The molecule has 1 rings (SSSR count). The second-order valence-corrected chi connectivity index (χ2v) is 3.29. The largest absolute Gasteiger partial charge is 0.396 e. The Labute approximate surface area is 62.4 Å². The third kappa shape index (κ3) is 1.96. The van der Waals surface area contributed by atoms with Gasteiger partial charge in [0.15, 0.2) is 0 Å². The zero-order valence-electron chi connectivity index (χ0n) is 6.42. The number of rotatable bonds is 3. The molecule has 1 saturated carbocycles. The minimum absolute atomic E-state index is 0.349. The second-order valence-electron chi connectivity index (χ2n) is 3.29. The summed E-state index contributed by atoms with van der Waals surface area (Å²) in [5.74, 6) is 1.51. The summed E-state index contributed by atoms with van der Waals surface area (Å²) in [6.45, 7) is 1.18. The van der Waals surface area contributed by atoms with Crippen molar-refractivity contribution in [3.8, 4) is 0 Å². The van der Waals surface area contributed by atoms with Crippen molar-refractivity contribution in [3.05, 3.63) is 0 Å². The molecular weight excluding hydrogens is 126 g/mol. The first-order valence-electron chi connectivity index (χ1n) is 4.17. The van der Waals surface area contributed by atoms with E-state index in [1.165, 1.54) is 19.3 Å². The predicted molar refractivity (Wildman–Crippen MR) is 41.6 cm³/mol. The van der Waals surface area contributed by atoms with Crippen molar-refractivity contribution in [2.24, 2.45) is 17.6 Å². The van der Waals surface area contributed by atoms with E-state index < -0.39 is 0 Å². The number of hydrogen-bond acceptors (Lipinski definition) is 2. The van der Waals surface area contributed by atoms with Crippen molar-refractivity contribution in [2.75, 3.05) is 13.2 Å². The van der Waals surface area contributed by atoms with Crippen LogP contribution in [0.1, 0.15) is 25.7 Å². The highest BCUT2D eigenvalue weighted by molar-refractivity contribution is 4.75. The lowest BCUT2D eigenvalue weighted by Crippen LogP contribution is -2.10. The summed E-state index contributed by atoms with van der Waals surface area (Å²) in [7, 11) is 0. The molecule has 3 N–H and O–H groups in total. The van der Waals surface area contributed by atoms with Crippen LogP contribution in [0.4, 0.5) is 0 Å². The van der Waals surface area contributed by atoms with Gasteiger partial charge in [-0.1, -0.05) is 6.42 Å². The Balaban J connectivity index is 2.15. The smallest absolute Gasteiger partial charge is 0.0433 e. The number of aliphatic hydroxyl groups is 1. The van der Waals surface area contributed by atoms with Crippen molar-refractivity contribution in [1.29, 1.82) is 0 Å². The Hall–Kier alpha value is -0.0800. The third-order valence-electron chi connectivity index (χ3n) is 2.52. The molecule has 2 atom stereocenters. The zero-order valence-corrected chi connectivity index (χ0v) is 6.42. The Morgan fingerprint density at radius 2 is 2.00 bits per heavy atom. The third-order valence-corrected chi connectivity index (χ3v) is 2.52. The molecule has 0 aromatic heterocycles. The zero-order chi connectivity index (χ0) is 7.40. The minimum atomic E-state index is 0.349. The van der Waals surface area contributed by atoms with Gasteiger partial charge in [0.1, 0.15) is 0 Å². The lowest BCUT2D eigenvalue weighted by atomic mass is 10.0. The fraction of sp³-hybridized carbons (Fsp3) is 1.00. The maximum Gasteiger partial charge on any atom is 0.0433 e. The van der Waals surface area contributed by atoms with Gasteiger partial charge in [-0.15, -0.1) is 0 Å². The van der Waals surface area contributed by atoms with Gasteiger partial charge >= 0.3 is 0 Å². The molecule has 0 heterocycles. The molecule has 0 aliphatic heterocycles. The Morgan fingerprint density at radius 1 is 1.30 bits per heavy atom. The summed E-state index contributed by atoms with van der Waals surface area (Å²) in [4.78, 5) is 0. The van der Waals surface area contributed by atoms with Crippen LogP contribution in [0, 0.1) is 11.8 Å². The Bertz CT molecular complexity index is 95.3. The van der Waals surface area contributed by atoms with Crippen molar-refractivity contribution < 1.29 is 5.11 Å². The Kier molecular flexibility index (Phi) is 3.16. The normalized spacial score (nSPS) is 33.0. The standard InChI is InChI=1S/C8H17NO/c9-6-8-2-1-7(5-8)3-4-10/h7-8,10H,1-6,9H2. The van der Waals surface area contributed by atoms with E-state index in [-0.39, 0.29) is 0 Å². The van der Waals surface area contributed by atoms with Crippen LogP contribution in [0.3, 0.4) is 0 Å². The quantitative estimate of drug-likeness (QED) is 0.612.